The predicted octanol–water partition coefficient (Wildman–Crippen LogP) is 1.13. The summed E-state index contributed by atoms with van der Waals surface area (Å²) in [6, 6.07) is 0. The first kappa shape index (κ1) is 23.6. The molecule has 13 heavy (non-hydrogen) atoms. The molecule has 0 spiro atoms. The Balaban J connectivity index is -0.0000000450. The summed E-state index contributed by atoms with van der Waals surface area (Å²) in [5.74, 6) is 0. The van der Waals surface area contributed by atoms with Gasteiger partial charge in [-0.1, -0.05) is 0 Å². The minimum absolute atomic E-state index is 0. The zero-order valence-corrected chi connectivity index (χ0v) is 11.6. The molecule has 0 aliphatic rings. The van der Waals surface area contributed by atoms with Crippen LogP contribution in [0.5, 0.6) is 0 Å². The molecule has 3 nitrogen and oxygen atoms in total. The van der Waals surface area contributed by atoms with Crippen molar-refractivity contribution in [3.05, 3.63) is 0 Å². The van der Waals surface area contributed by atoms with E-state index in [9.17, 15) is 0 Å². The Morgan fingerprint density at radius 3 is 0.692 bits per heavy atom. The summed E-state index contributed by atoms with van der Waals surface area (Å²) in [7, 11) is 0. The minimum Gasteiger partial charge on any atom is -0.528 e. The molecule has 3 N–H and O–H groups in total. The van der Waals surface area contributed by atoms with Crippen molar-refractivity contribution in [3.63, 3.8) is 0 Å². The number of hydrogen-bond acceptors (Lipinski definition) is 6. The van der Waals surface area contributed by atoms with Crippen LogP contribution in [0.2, 0.25) is 0 Å². The van der Waals surface area contributed by atoms with E-state index in [0.717, 1.165) is 0 Å². The van der Waals surface area contributed by atoms with Crippen molar-refractivity contribution in [1.29, 1.82) is 0 Å². The fraction of sp³-hybridized carbons (Fsp3) is 0. The second kappa shape index (κ2) is 18.6. The fourth-order valence-corrected chi connectivity index (χ4v) is 0. The summed E-state index contributed by atoms with van der Waals surface area (Å²) in [6.45, 7) is 0. The van der Waals surface area contributed by atoms with E-state index in [1.54, 1.807) is 0 Å². The van der Waals surface area contributed by atoms with Gasteiger partial charge in [0.25, 0.3) is 0 Å². The molecule has 0 aromatic carbocycles. The zero-order chi connectivity index (χ0) is 10.7. The topological polar surface area (TPSA) is 60.7 Å². The predicted molar refractivity (Wildman–Crippen MR) is 67.8 cm³/mol. The third-order valence-corrected chi connectivity index (χ3v) is 0. The molecule has 0 heterocycles. The van der Waals surface area contributed by atoms with Gasteiger partial charge in [0.15, 0.2) is 0 Å². The summed E-state index contributed by atoms with van der Waals surface area (Å²) in [4.78, 5) is 0. The van der Waals surface area contributed by atoms with Gasteiger partial charge in [0.1, 0.15) is 0 Å². The smallest absolute Gasteiger partial charge is 0.528 e. The van der Waals surface area contributed by atoms with Gasteiger partial charge < -0.3 is 89.9 Å². The number of hydrogen-bond donors (Lipinski definition) is 3. The van der Waals surface area contributed by atoms with Crippen LogP contribution in [0.1, 0.15) is 0 Å². The molecule has 10 heteroatoms. The quantitative estimate of drug-likeness (QED) is 0.343. The van der Waals surface area contributed by atoms with Crippen LogP contribution in [-0.2, 0) is 55.0 Å². The number of rotatable bonds is 0. The third-order valence-electron chi connectivity index (χ3n) is 0. The molecule has 0 aromatic heterocycles. The first-order valence-electron chi connectivity index (χ1n) is 1.90. The molecule has 0 aliphatic heterocycles. The van der Waals surface area contributed by atoms with E-state index >= 15 is 0 Å². The maximum Gasteiger partial charge on any atom is 3.00 e. The van der Waals surface area contributed by atoms with Crippen LogP contribution in [-0.4, -0.2) is 28.5 Å². The monoisotopic (exact) mass is 335 g/mol. The summed E-state index contributed by atoms with van der Waals surface area (Å²) < 4.78 is -1.25. The van der Waals surface area contributed by atoms with Gasteiger partial charge in [-0.25, -0.2) is 0 Å². The Labute approximate surface area is 119 Å². The first-order valence-corrected chi connectivity index (χ1v) is 4.35. The van der Waals surface area contributed by atoms with Gasteiger partial charge in [0, 0.05) is 13.1 Å². The van der Waals surface area contributed by atoms with Gasteiger partial charge in [-0.2, -0.15) is 0 Å². The molecule has 0 unspecified atom stereocenters. The van der Waals surface area contributed by atoms with E-state index < -0.39 is 13.1 Å². The van der Waals surface area contributed by atoms with Gasteiger partial charge in [-0.05, 0) is 0 Å². The normalized spacial score (nSPS) is 5.54. The van der Waals surface area contributed by atoms with Crippen LogP contribution in [0.25, 0.3) is 0 Å². The fourth-order valence-electron chi connectivity index (χ4n) is 0. The molecule has 1 radical (unpaired) electrons. The first-order chi connectivity index (χ1) is 5.20. The van der Waals surface area contributed by atoms with Crippen molar-refractivity contribution in [2.75, 3.05) is 0 Å². The minimum atomic E-state index is -0.417. The maximum atomic E-state index is 7.60. The molecule has 0 aromatic rings. The van der Waals surface area contributed by atoms with Gasteiger partial charge in [0.05, 0.1) is 0 Å². The van der Waals surface area contributed by atoms with Gasteiger partial charge in [-0.3, -0.25) is 0 Å². The number of aliphatic hydroxyl groups excluding tert-OH is 3. The van der Waals surface area contributed by atoms with E-state index in [0.29, 0.717) is 0 Å². The zero-order valence-electron chi connectivity index (χ0n) is 5.64. The Bertz CT molecular complexity index is 121. The second-order valence-electron chi connectivity index (χ2n) is 0.798. The Hall–Kier alpha value is 0.849. The van der Waals surface area contributed by atoms with Crippen molar-refractivity contribution in [1.82, 2.24) is 0 Å². The van der Waals surface area contributed by atoms with Crippen molar-refractivity contribution in [2.45, 2.75) is 0 Å². The second-order valence-corrected chi connectivity index (χ2v) is 3.89. The summed E-state index contributed by atoms with van der Waals surface area (Å²) >= 11 is 23.4. The molecule has 0 aliphatic carbocycles. The van der Waals surface area contributed by atoms with Gasteiger partial charge in [0.2, 0.25) is 0 Å². The van der Waals surface area contributed by atoms with Gasteiger partial charge in [-0.15, -0.1) is 0 Å². The van der Waals surface area contributed by atoms with Crippen LogP contribution in [0.3, 0.4) is 0 Å². The van der Waals surface area contributed by atoms with Gasteiger partial charge >= 0.3 is 17.1 Å². The van der Waals surface area contributed by atoms with Crippen LogP contribution in [0.4, 0.5) is 0 Å². The molecule has 0 fully saturated rings. The van der Waals surface area contributed by atoms with Crippen LogP contribution in [0.15, 0.2) is 0 Å². The molecule has 77 valence electrons. The molecule has 0 saturated carbocycles. The van der Waals surface area contributed by atoms with Crippen LogP contribution in [0, 0.1) is 0 Å². The molecular formula is C3H3FeO3S6. The average Bonchev–Trinajstić information content (AvgIpc) is 1.54. The summed E-state index contributed by atoms with van der Waals surface area (Å²) in [6.07, 6.45) is 0. The van der Waals surface area contributed by atoms with Crippen molar-refractivity contribution in [3.8, 4) is 0 Å². The molecule has 0 amide bonds. The van der Waals surface area contributed by atoms with E-state index in [1.807, 2.05) is 0 Å². The van der Waals surface area contributed by atoms with Crippen LogP contribution < -0.4 is 0 Å². The molecule has 0 atom stereocenters. The largest absolute Gasteiger partial charge is 3.00 e. The number of aliphatic hydroxyl groups is 3. The van der Waals surface area contributed by atoms with Crippen molar-refractivity contribution < 1.29 is 32.4 Å². The Morgan fingerprint density at radius 2 is 0.692 bits per heavy atom. The SMILES string of the molecule is OC(=S)[S-].OC(=S)[S-].OC(=S)[S-].[Fe+3]. The number of thiocarbonyl (C=S) groups is 3. The maximum absolute atomic E-state index is 7.60. The van der Waals surface area contributed by atoms with Crippen molar-refractivity contribution in [2.24, 2.45) is 0 Å². The average molecular weight is 335 g/mol. The molecule has 0 bridgehead atoms. The standard InChI is InChI=1S/3CH2OS2.Fe/c3*2-1(3)4;/h3*(H2,2,3,4);/q;;;+3/p-3. The molecular weight excluding hydrogens is 332 g/mol. The molecule has 0 rings (SSSR count). The van der Waals surface area contributed by atoms with Crippen molar-refractivity contribution >= 4 is 87.7 Å². The van der Waals surface area contributed by atoms with E-state index in [4.69, 9.17) is 15.3 Å². The summed E-state index contributed by atoms with van der Waals surface area (Å²) in [5.41, 5.74) is 0. The van der Waals surface area contributed by atoms with E-state index in [2.05, 4.69) is 74.5 Å². The third kappa shape index (κ3) is 2100. The van der Waals surface area contributed by atoms with Crippen LogP contribution >= 0.6 is 36.7 Å². The Kier molecular flexibility index (Phi) is 33.7. The van der Waals surface area contributed by atoms with E-state index in [-0.39, 0.29) is 17.1 Å². The molecule has 0 saturated heterocycles. The van der Waals surface area contributed by atoms with E-state index in [1.165, 1.54) is 0 Å². The summed E-state index contributed by atoms with van der Waals surface area (Å²) in [5, 5.41) is 22.8. The Morgan fingerprint density at radius 1 is 0.692 bits per heavy atom.